The lowest BCUT2D eigenvalue weighted by atomic mass is 9.65. The van der Waals surface area contributed by atoms with E-state index in [0.717, 1.165) is 16.8 Å². The van der Waals surface area contributed by atoms with Gasteiger partial charge in [0, 0.05) is 23.7 Å². The minimum Gasteiger partial charge on any atom is -0.466 e. The molecule has 0 fully saturated rings. The van der Waals surface area contributed by atoms with Gasteiger partial charge in [0.2, 0.25) is 0 Å². The van der Waals surface area contributed by atoms with E-state index in [9.17, 15) is 14.7 Å². The number of hydrogen-bond donors (Lipinski definition) is 2. The summed E-state index contributed by atoms with van der Waals surface area (Å²) in [5.41, 5.74) is 1.99. The highest BCUT2D eigenvalue weighted by molar-refractivity contribution is 5.94. The third-order valence-corrected chi connectivity index (χ3v) is 5.72. The summed E-state index contributed by atoms with van der Waals surface area (Å²) in [6.45, 7) is 7.42. The molecule has 0 unspecified atom stereocenters. The van der Waals surface area contributed by atoms with Crippen LogP contribution in [0.5, 0.6) is 0 Å². The molecule has 0 heterocycles. The molecule has 6 nitrogen and oxygen atoms in total. The third-order valence-electron chi connectivity index (χ3n) is 5.72. The quantitative estimate of drug-likeness (QED) is 0.627. The summed E-state index contributed by atoms with van der Waals surface area (Å²) >= 11 is 0. The molecule has 1 aliphatic rings. The average molecular weight is 438 g/mol. The van der Waals surface area contributed by atoms with E-state index in [2.05, 4.69) is 5.32 Å². The number of para-hydroxylation sites is 1. The molecule has 0 saturated carbocycles. The van der Waals surface area contributed by atoms with Gasteiger partial charge in [0.15, 0.2) is 0 Å². The van der Waals surface area contributed by atoms with Crippen molar-refractivity contribution in [3.05, 3.63) is 77.0 Å². The van der Waals surface area contributed by atoms with E-state index in [4.69, 9.17) is 9.47 Å². The number of carbonyl (C=O) groups is 2. The Kier molecular flexibility index (Phi) is 7.36. The van der Waals surface area contributed by atoms with Crippen molar-refractivity contribution in [3.8, 4) is 0 Å². The largest absolute Gasteiger partial charge is 0.466 e. The van der Waals surface area contributed by atoms with Crippen molar-refractivity contribution in [1.29, 1.82) is 0 Å². The van der Waals surface area contributed by atoms with Gasteiger partial charge in [-0.3, -0.25) is 4.79 Å². The number of benzene rings is 2. The number of esters is 2. The Labute approximate surface area is 189 Å². The monoisotopic (exact) mass is 437 g/mol. The topological polar surface area (TPSA) is 84.9 Å². The number of aryl methyl sites for hydroxylation is 1. The zero-order valence-corrected chi connectivity index (χ0v) is 19.1. The predicted octanol–water partition coefficient (Wildman–Crippen LogP) is 4.34. The second-order valence-corrected chi connectivity index (χ2v) is 8.26. The number of carbonyl (C=O) groups excluding carboxylic acids is 2. The SMILES string of the molecule is CCOC(=O)C1=C(Nc2ccccc2)C[C@](C)(O)[C@H](C(=O)OCC)[C@H]1c1ccc(C)cc1. The van der Waals surface area contributed by atoms with Crippen molar-refractivity contribution in [3.63, 3.8) is 0 Å². The van der Waals surface area contributed by atoms with Crippen molar-refractivity contribution >= 4 is 17.6 Å². The molecule has 32 heavy (non-hydrogen) atoms. The Morgan fingerprint density at radius 1 is 1.03 bits per heavy atom. The smallest absolute Gasteiger partial charge is 0.336 e. The van der Waals surface area contributed by atoms with Crippen LogP contribution >= 0.6 is 0 Å². The van der Waals surface area contributed by atoms with Crippen molar-refractivity contribution in [1.82, 2.24) is 0 Å². The lowest BCUT2D eigenvalue weighted by Gasteiger charge is -2.43. The van der Waals surface area contributed by atoms with E-state index >= 15 is 0 Å². The van der Waals surface area contributed by atoms with Crippen molar-refractivity contribution in [2.45, 2.75) is 45.6 Å². The Morgan fingerprint density at radius 2 is 1.66 bits per heavy atom. The number of rotatable bonds is 7. The van der Waals surface area contributed by atoms with Crippen LogP contribution in [0.2, 0.25) is 0 Å². The molecule has 0 aromatic heterocycles. The number of nitrogens with one attached hydrogen (secondary N) is 1. The number of aliphatic hydroxyl groups is 1. The van der Waals surface area contributed by atoms with Gasteiger partial charge in [-0.1, -0.05) is 48.0 Å². The molecule has 0 aliphatic heterocycles. The lowest BCUT2D eigenvalue weighted by molar-refractivity contribution is -0.159. The molecular weight excluding hydrogens is 406 g/mol. The first kappa shape index (κ1) is 23.5. The first-order chi connectivity index (χ1) is 15.3. The van der Waals surface area contributed by atoms with Crippen molar-refractivity contribution in [2.75, 3.05) is 18.5 Å². The molecule has 2 N–H and O–H groups in total. The van der Waals surface area contributed by atoms with Gasteiger partial charge in [0.25, 0.3) is 0 Å². The first-order valence-corrected chi connectivity index (χ1v) is 11.0. The molecule has 1 aliphatic carbocycles. The summed E-state index contributed by atoms with van der Waals surface area (Å²) in [6.07, 6.45) is 0.0713. The molecule has 6 heteroatoms. The van der Waals surface area contributed by atoms with Gasteiger partial charge in [-0.2, -0.15) is 0 Å². The van der Waals surface area contributed by atoms with Crippen molar-refractivity contribution in [2.24, 2.45) is 5.92 Å². The summed E-state index contributed by atoms with van der Waals surface area (Å²) < 4.78 is 10.8. The van der Waals surface area contributed by atoms with Crippen LogP contribution in [-0.4, -0.2) is 35.9 Å². The normalized spacial score (nSPS) is 22.9. The van der Waals surface area contributed by atoms with Gasteiger partial charge in [-0.25, -0.2) is 4.79 Å². The minimum absolute atomic E-state index is 0.0713. The fourth-order valence-corrected chi connectivity index (χ4v) is 4.30. The molecule has 2 aromatic carbocycles. The Morgan fingerprint density at radius 3 is 2.25 bits per heavy atom. The maximum Gasteiger partial charge on any atom is 0.336 e. The minimum atomic E-state index is -1.45. The maximum atomic E-state index is 13.2. The molecule has 0 radical (unpaired) electrons. The Hall–Kier alpha value is -3.12. The Balaban J connectivity index is 2.23. The lowest BCUT2D eigenvalue weighted by Crippen LogP contribution is -2.49. The van der Waals surface area contributed by atoms with E-state index in [1.807, 2.05) is 61.5 Å². The molecule has 0 bridgehead atoms. The van der Waals surface area contributed by atoms with Crippen LogP contribution in [0.3, 0.4) is 0 Å². The predicted molar refractivity (Wildman–Crippen MR) is 123 cm³/mol. The van der Waals surface area contributed by atoms with Crippen LogP contribution in [0.4, 0.5) is 5.69 Å². The van der Waals surface area contributed by atoms with E-state index < -0.39 is 29.4 Å². The second kappa shape index (κ2) is 10.0. The summed E-state index contributed by atoms with van der Waals surface area (Å²) in [6, 6.07) is 17.0. The summed E-state index contributed by atoms with van der Waals surface area (Å²) in [4.78, 5) is 26.3. The second-order valence-electron chi connectivity index (χ2n) is 8.26. The van der Waals surface area contributed by atoms with Crippen molar-refractivity contribution < 1.29 is 24.2 Å². The van der Waals surface area contributed by atoms with Gasteiger partial charge in [0.1, 0.15) is 0 Å². The van der Waals surface area contributed by atoms with Crippen LogP contribution in [-0.2, 0) is 19.1 Å². The molecular formula is C26H31NO5. The third kappa shape index (κ3) is 5.02. The average Bonchev–Trinajstić information content (AvgIpc) is 2.74. The molecule has 0 amide bonds. The molecule has 0 saturated heterocycles. The van der Waals surface area contributed by atoms with Crippen LogP contribution in [0, 0.1) is 12.8 Å². The van der Waals surface area contributed by atoms with E-state index in [1.165, 1.54) is 0 Å². The first-order valence-electron chi connectivity index (χ1n) is 11.0. The summed E-state index contributed by atoms with van der Waals surface area (Å²) in [5, 5.41) is 14.8. The van der Waals surface area contributed by atoms with Crippen LogP contribution in [0.15, 0.2) is 65.9 Å². The molecule has 0 spiro atoms. The van der Waals surface area contributed by atoms with E-state index in [0.29, 0.717) is 11.3 Å². The molecule has 3 rings (SSSR count). The highest BCUT2D eigenvalue weighted by Gasteiger charge is 2.52. The number of anilines is 1. The fourth-order valence-electron chi connectivity index (χ4n) is 4.30. The van der Waals surface area contributed by atoms with Gasteiger partial charge in [0.05, 0.1) is 30.3 Å². The Bertz CT molecular complexity index is 979. The van der Waals surface area contributed by atoms with Gasteiger partial charge >= 0.3 is 11.9 Å². The summed E-state index contributed by atoms with van der Waals surface area (Å²) in [7, 11) is 0. The van der Waals surface area contributed by atoms with Gasteiger partial charge in [-0.05, 0) is 45.4 Å². The molecule has 3 atom stereocenters. The standard InChI is InChI=1S/C26H31NO5/c1-5-31-24(28)22-20(27-19-10-8-7-9-11-19)16-26(4,30)23(25(29)32-6-2)21(22)18-14-12-17(3)13-15-18/h7-15,21,23,27,30H,5-6,16H2,1-4H3/t21-,23-,26-/m0/s1. The van der Waals surface area contributed by atoms with Crippen LogP contribution in [0.1, 0.15) is 44.2 Å². The highest BCUT2D eigenvalue weighted by atomic mass is 16.5. The van der Waals surface area contributed by atoms with Gasteiger partial charge < -0.3 is 19.9 Å². The highest BCUT2D eigenvalue weighted by Crippen LogP contribution is 2.48. The van der Waals surface area contributed by atoms with E-state index in [1.54, 1.807) is 20.8 Å². The van der Waals surface area contributed by atoms with Crippen LogP contribution in [0.25, 0.3) is 0 Å². The maximum absolute atomic E-state index is 13.2. The van der Waals surface area contributed by atoms with Gasteiger partial charge in [-0.15, -0.1) is 0 Å². The van der Waals surface area contributed by atoms with Crippen LogP contribution < -0.4 is 5.32 Å². The summed E-state index contributed by atoms with van der Waals surface area (Å²) in [5.74, 6) is -2.75. The number of hydrogen-bond acceptors (Lipinski definition) is 6. The molecule has 170 valence electrons. The molecule has 2 aromatic rings. The zero-order valence-electron chi connectivity index (χ0n) is 19.1. The fraction of sp³-hybridized carbons (Fsp3) is 0.385. The zero-order chi connectivity index (χ0) is 23.3. The number of ether oxygens (including phenoxy) is 2. The van der Waals surface area contributed by atoms with E-state index in [-0.39, 0.29) is 19.6 Å².